The number of benzene rings is 3. The second-order valence-electron chi connectivity index (χ2n) is 6.83. The van der Waals surface area contributed by atoms with E-state index in [1.807, 2.05) is 18.2 Å². The van der Waals surface area contributed by atoms with E-state index in [1.165, 1.54) is 12.1 Å². The number of hydrogen-bond acceptors (Lipinski definition) is 4. The Hall–Kier alpha value is -3.39. The molecule has 3 aromatic rings. The highest BCUT2D eigenvalue weighted by Crippen LogP contribution is 2.26. The lowest BCUT2D eigenvalue weighted by Crippen LogP contribution is -2.41. The number of carbonyl (C=O) groups excluding carboxylic acids is 1. The topological polar surface area (TPSA) is 75.7 Å². The van der Waals surface area contributed by atoms with Gasteiger partial charge in [-0.2, -0.15) is 0 Å². The van der Waals surface area contributed by atoms with Crippen molar-refractivity contribution in [2.24, 2.45) is 0 Å². The van der Waals surface area contributed by atoms with E-state index in [0.717, 1.165) is 22.0 Å². The zero-order valence-electron chi connectivity index (χ0n) is 17.2. The fourth-order valence-corrected chi connectivity index (χ4v) is 4.58. The Morgan fingerprint density at radius 2 is 1.61 bits per heavy atom. The third-order valence-corrected chi connectivity index (χ3v) is 6.50. The third-order valence-electron chi connectivity index (χ3n) is 4.72. The van der Waals surface area contributed by atoms with Crippen molar-refractivity contribution in [3.63, 3.8) is 0 Å². The first-order chi connectivity index (χ1) is 14.8. The van der Waals surface area contributed by atoms with Crippen molar-refractivity contribution in [3.8, 4) is 5.75 Å². The van der Waals surface area contributed by atoms with Crippen LogP contribution >= 0.6 is 0 Å². The number of amides is 1. The molecule has 0 aromatic heterocycles. The maximum Gasteiger partial charge on any atom is 0.264 e. The predicted octanol–water partition coefficient (Wildman–Crippen LogP) is 3.91. The van der Waals surface area contributed by atoms with Crippen LogP contribution in [0.4, 0.5) is 10.1 Å². The number of nitrogens with one attached hydrogen (secondary N) is 1. The van der Waals surface area contributed by atoms with E-state index < -0.39 is 34.3 Å². The van der Waals surface area contributed by atoms with Crippen LogP contribution < -0.4 is 14.4 Å². The smallest absolute Gasteiger partial charge is 0.264 e. The highest BCUT2D eigenvalue weighted by molar-refractivity contribution is 7.92. The molecule has 8 heteroatoms. The van der Waals surface area contributed by atoms with E-state index in [1.54, 1.807) is 50.4 Å². The minimum atomic E-state index is -4.10. The van der Waals surface area contributed by atoms with Gasteiger partial charge in [-0.25, -0.2) is 12.8 Å². The molecule has 0 aliphatic rings. The number of para-hydroxylation sites is 2. The molecule has 31 heavy (non-hydrogen) atoms. The molecule has 3 rings (SSSR count). The quantitative estimate of drug-likeness (QED) is 0.574. The molecule has 1 N–H and O–H groups in total. The van der Waals surface area contributed by atoms with Crippen molar-refractivity contribution >= 4 is 21.6 Å². The molecule has 0 bridgehead atoms. The fraction of sp³-hybridized carbons (Fsp3) is 0.174. The number of carbonyl (C=O) groups is 1. The average molecular weight is 443 g/mol. The van der Waals surface area contributed by atoms with Gasteiger partial charge in [-0.3, -0.25) is 9.10 Å². The van der Waals surface area contributed by atoms with E-state index in [9.17, 15) is 17.6 Å². The molecule has 162 valence electrons. The van der Waals surface area contributed by atoms with Crippen LogP contribution in [0.15, 0.2) is 83.8 Å². The zero-order chi connectivity index (χ0) is 22.4. The molecular weight excluding hydrogens is 419 g/mol. The van der Waals surface area contributed by atoms with Crippen molar-refractivity contribution < 1.29 is 22.3 Å². The lowest BCUT2D eigenvalue weighted by molar-refractivity contribution is -0.120. The molecule has 1 atom stereocenters. The largest absolute Gasteiger partial charge is 0.496 e. The molecule has 0 aliphatic carbocycles. The van der Waals surface area contributed by atoms with Gasteiger partial charge in [0.2, 0.25) is 5.91 Å². The highest BCUT2D eigenvalue weighted by atomic mass is 32.2. The van der Waals surface area contributed by atoms with Crippen LogP contribution in [0.3, 0.4) is 0 Å². The first-order valence-electron chi connectivity index (χ1n) is 9.58. The van der Waals surface area contributed by atoms with Gasteiger partial charge in [-0.05, 0) is 49.4 Å². The Morgan fingerprint density at radius 1 is 1.00 bits per heavy atom. The second-order valence-corrected chi connectivity index (χ2v) is 8.69. The average Bonchev–Trinajstić information content (AvgIpc) is 2.78. The van der Waals surface area contributed by atoms with Crippen molar-refractivity contribution in [1.29, 1.82) is 0 Å². The minimum absolute atomic E-state index is 0.108. The molecule has 3 aromatic carbocycles. The first kappa shape index (κ1) is 22.3. The Bertz CT molecular complexity index is 1140. The van der Waals surface area contributed by atoms with Crippen molar-refractivity contribution in [3.05, 3.63) is 90.2 Å². The van der Waals surface area contributed by atoms with Gasteiger partial charge in [0.15, 0.2) is 0 Å². The van der Waals surface area contributed by atoms with E-state index in [0.29, 0.717) is 11.4 Å². The van der Waals surface area contributed by atoms with Gasteiger partial charge in [-0.15, -0.1) is 0 Å². The molecule has 6 nitrogen and oxygen atoms in total. The van der Waals surface area contributed by atoms with Crippen LogP contribution in [0.1, 0.15) is 18.5 Å². The number of hydrogen-bond donors (Lipinski definition) is 1. The number of ether oxygens (including phenoxy) is 1. The summed E-state index contributed by atoms with van der Waals surface area (Å²) in [6.45, 7) is 1.35. The summed E-state index contributed by atoms with van der Waals surface area (Å²) in [4.78, 5) is 12.7. The summed E-state index contributed by atoms with van der Waals surface area (Å²) < 4.78 is 46.1. The summed E-state index contributed by atoms with van der Waals surface area (Å²) >= 11 is 0. The molecule has 0 radical (unpaired) electrons. The number of sulfonamides is 1. The van der Waals surface area contributed by atoms with Crippen molar-refractivity contribution in [2.75, 3.05) is 18.0 Å². The SMILES string of the molecule is COc1ccccc1[C@H](C)NC(=O)CN(c1ccccc1)S(=O)(=O)c1ccc(F)cc1. The normalized spacial score (nSPS) is 12.1. The summed E-state index contributed by atoms with van der Waals surface area (Å²) in [5, 5.41) is 2.82. The van der Waals surface area contributed by atoms with Crippen LogP contribution in [-0.2, 0) is 14.8 Å². The fourth-order valence-electron chi connectivity index (χ4n) is 3.16. The van der Waals surface area contributed by atoms with E-state index in [-0.39, 0.29) is 4.90 Å². The minimum Gasteiger partial charge on any atom is -0.496 e. The van der Waals surface area contributed by atoms with E-state index in [2.05, 4.69) is 5.32 Å². The van der Waals surface area contributed by atoms with Gasteiger partial charge in [0.05, 0.1) is 23.7 Å². The lowest BCUT2D eigenvalue weighted by atomic mass is 10.1. The molecule has 0 saturated heterocycles. The number of halogens is 1. The Labute approximate surface area is 181 Å². The monoisotopic (exact) mass is 442 g/mol. The summed E-state index contributed by atoms with van der Waals surface area (Å²) in [5.74, 6) is -0.421. The van der Waals surface area contributed by atoms with Gasteiger partial charge >= 0.3 is 0 Å². The first-order valence-corrected chi connectivity index (χ1v) is 11.0. The summed E-state index contributed by atoms with van der Waals surface area (Å²) in [6.07, 6.45) is 0. The van der Waals surface area contributed by atoms with Crippen LogP contribution in [0.5, 0.6) is 5.75 Å². The molecule has 0 unspecified atom stereocenters. The molecule has 0 spiro atoms. The third kappa shape index (κ3) is 5.21. The Kier molecular flexibility index (Phi) is 6.91. The number of methoxy groups -OCH3 is 1. The van der Waals surface area contributed by atoms with Crippen LogP contribution in [-0.4, -0.2) is 28.0 Å². The van der Waals surface area contributed by atoms with Gasteiger partial charge in [-0.1, -0.05) is 36.4 Å². The number of rotatable bonds is 8. The molecule has 0 heterocycles. The summed E-state index contributed by atoms with van der Waals surface area (Å²) in [5.41, 5.74) is 1.10. The highest BCUT2D eigenvalue weighted by Gasteiger charge is 2.28. The van der Waals surface area contributed by atoms with Gasteiger partial charge in [0, 0.05) is 5.56 Å². The van der Waals surface area contributed by atoms with Crippen molar-refractivity contribution in [1.82, 2.24) is 5.32 Å². The molecule has 0 aliphatic heterocycles. The predicted molar refractivity (Wildman–Crippen MR) is 117 cm³/mol. The molecular formula is C23H23FN2O4S. The number of anilines is 1. The summed E-state index contributed by atoms with van der Waals surface area (Å²) in [6, 6.07) is 19.6. The number of nitrogens with zero attached hydrogens (tertiary/aromatic N) is 1. The van der Waals surface area contributed by atoms with E-state index >= 15 is 0 Å². The van der Waals surface area contributed by atoms with Gasteiger partial charge in [0.25, 0.3) is 10.0 Å². The summed E-state index contributed by atoms with van der Waals surface area (Å²) in [7, 11) is -2.56. The van der Waals surface area contributed by atoms with Crippen molar-refractivity contribution in [2.45, 2.75) is 17.9 Å². The Morgan fingerprint density at radius 3 is 2.26 bits per heavy atom. The van der Waals surface area contributed by atoms with Gasteiger partial charge < -0.3 is 10.1 Å². The van der Waals surface area contributed by atoms with Crippen LogP contribution in [0, 0.1) is 5.82 Å². The van der Waals surface area contributed by atoms with Gasteiger partial charge in [0.1, 0.15) is 18.1 Å². The molecule has 0 saturated carbocycles. The van der Waals surface area contributed by atoms with Crippen LogP contribution in [0.2, 0.25) is 0 Å². The van der Waals surface area contributed by atoms with Crippen LogP contribution in [0.25, 0.3) is 0 Å². The second kappa shape index (κ2) is 9.61. The zero-order valence-corrected chi connectivity index (χ0v) is 18.0. The maximum atomic E-state index is 13.3. The Balaban J connectivity index is 1.87. The lowest BCUT2D eigenvalue weighted by Gasteiger charge is -2.25. The molecule has 1 amide bonds. The maximum absolute atomic E-state index is 13.3. The standard InChI is InChI=1S/C23H23FN2O4S/c1-17(21-10-6-7-11-22(21)30-2)25-23(27)16-26(19-8-4-3-5-9-19)31(28,29)20-14-12-18(24)13-15-20/h3-15,17H,16H2,1-2H3,(H,25,27)/t17-/m0/s1. The van der Waals surface area contributed by atoms with E-state index in [4.69, 9.17) is 4.74 Å². The molecule has 0 fully saturated rings.